The number of methoxy groups -OCH3 is 1. The highest BCUT2D eigenvalue weighted by Crippen LogP contribution is 2.31. The Morgan fingerprint density at radius 3 is 2.89 bits per heavy atom. The molecule has 7 nitrogen and oxygen atoms in total. The number of benzene rings is 1. The number of carbonyl (C=O) groups excluding carboxylic acids is 1. The van der Waals surface area contributed by atoms with Crippen molar-refractivity contribution in [3.63, 3.8) is 0 Å². The zero-order valence-corrected chi connectivity index (χ0v) is 16.6. The summed E-state index contributed by atoms with van der Waals surface area (Å²) in [5.41, 5.74) is 0.224. The molecule has 0 aliphatic carbocycles. The van der Waals surface area contributed by atoms with Crippen molar-refractivity contribution in [1.29, 1.82) is 0 Å². The van der Waals surface area contributed by atoms with E-state index in [9.17, 15) is 19.4 Å². The lowest BCUT2D eigenvalue weighted by atomic mass is 10.0. The summed E-state index contributed by atoms with van der Waals surface area (Å²) in [6, 6.07) is 5.27. The van der Waals surface area contributed by atoms with E-state index in [1.165, 1.54) is 24.3 Å². The van der Waals surface area contributed by atoms with Crippen LogP contribution < -0.4 is 5.32 Å². The fraction of sp³-hybridized carbons (Fsp3) is 0.632. The molecular formula is C19H28ClFN2O5. The lowest BCUT2D eigenvalue weighted by molar-refractivity contribution is -0.0209. The van der Waals surface area contributed by atoms with Crippen LogP contribution in [0.2, 0.25) is 0 Å². The Bertz CT molecular complexity index is 653. The third-order valence-electron chi connectivity index (χ3n) is 5.36. The molecule has 0 unspecified atom stereocenters. The molecule has 158 valence electrons. The number of aliphatic hydroxyl groups excluding tert-OH is 2. The maximum absolute atomic E-state index is 13.3. The second kappa shape index (κ2) is 10.5. The van der Waals surface area contributed by atoms with Gasteiger partial charge in [-0.15, -0.1) is 12.4 Å². The Morgan fingerprint density at radius 2 is 2.21 bits per heavy atom. The molecule has 2 aliphatic rings. The van der Waals surface area contributed by atoms with E-state index in [-0.39, 0.29) is 43.2 Å². The number of carbonyl (C=O) groups is 1. The van der Waals surface area contributed by atoms with Crippen molar-refractivity contribution in [3.8, 4) is 0 Å². The minimum absolute atomic E-state index is 0. The molecule has 0 aromatic heterocycles. The normalized spacial score (nSPS) is 30.2. The number of likely N-dealkylation sites (tertiary alicyclic amines) is 1. The fourth-order valence-electron chi connectivity index (χ4n) is 4.10. The molecule has 3 rings (SSSR count). The second-order valence-electron chi connectivity index (χ2n) is 7.09. The van der Waals surface area contributed by atoms with E-state index in [0.717, 1.165) is 19.4 Å². The molecule has 2 fully saturated rings. The number of halogens is 2. The first-order valence-electron chi connectivity index (χ1n) is 9.28. The van der Waals surface area contributed by atoms with Gasteiger partial charge in [0.1, 0.15) is 18.0 Å². The Morgan fingerprint density at radius 1 is 1.43 bits per heavy atom. The molecule has 5 atom stereocenters. The summed E-state index contributed by atoms with van der Waals surface area (Å²) < 4.78 is 24.4. The zero-order chi connectivity index (χ0) is 19.4. The van der Waals surface area contributed by atoms with Crippen LogP contribution in [0.15, 0.2) is 24.3 Å². The first kappa shape index (κ1) is 23.0. The van der Waals surface area contributed by atoms with Crippen LogP contribution >= 0.6 is 12.4 Å². The van der Waals surface area contributed by atoms with E-state index >= 15 is 0 Å². The van der Waals surface area contributed by atoms with Crippen molar-refractivity contribution < 1.29 is 28.9 Å². The van der Waals surface area contributed by atoms with Gasteiger partial charge < -0.3 is 25.0 Å². The molecule has 2 aliphatic heterocycles. The number of rotatable bonds is 7. The number of hydrogen-bond donors (Lipinski definition) is 3. The molecule has 0 saturated carbocycles. The third kappa shape index (κ3) is 5.00. The fourth-order valence-corrected chi connectivity index (χ4v) is 4.10. The SMILES string of the molecule is COC[C@H]1CCCN1[C@@H]1[C@H](O)[C@H](CO)O[C@@H]1CNC(=O)c1cccc(F)c1.Cl. The van der Waals surface area contributed by atoms with E-state index in [1.54, 1.807) is 7.11 Å². The minimum atomic E-state index is -0.858. The van der Waals surface area contributed by atoms with Gasteiger partial charge in [-0.25, -0.2) is 4.39 Å². The molecule has 1 aromatic carbocycles. The van der Waals surface area contributed by atoms with E-state index in [2.05, 4.69) is 10.2 Å². The largest absolute Gasteiger partial charge is 0.394 e. The van der Waals surface area contributed by atoms with Gasteiger partial charge in [0.15, 0.2) is 0 Å². The van der Waals surface area contributed by atoms with Gasteiger partial charge in [0.2, 0.25) is 0 Å². The average Bonchev–Trinajstić information content (AvgIpc) is 3.23. The number of nitrogens with zero attached hydrogens (tertiary/aromatic N) is 1. The summed E-state index contributed by atoms with van der Waals surface area (Å²) >= 11 is 0. The highest BCUT2D eigenvalue weighted by atomic mass is 35.5. The molecule has 2 heterocycles. The van der Waals surface area contributed by atoms with E-state index < -0.39 is 30.0 Å². The number of nitrogens with one attached hydrogen (secondary N) is 1. The molecule has 0 bridgehead atoms. The van der Waals surface area contributed by atoms with Crippen LogP contribution in [-0.4, -0.2) is 84.8 Å². The predicted octanol–water partition coefficient (Wildman–Crippen LogP) is 0.577. The quantitative estimate of drug-likeness (QED) is 0.600. The number of hydrogen-bond acceptors (Lipinski definition) is 6. The first-order valence-corrected chi connectivity index (χ1v) is 9.28. The Kier molecular flexibility index (Phi) is 8.60. The van der Waals surface area contributed by atoms with E-state index in [1.807, 2.05) is 0 Å². The number of aliphatic hydroxyl groups is 2. The highest BCUT2D eigenvalue weighted by Gasteiger charge is 2.48. The minimum Gasteiger partial charge on any atom is -0.394 e. The number of amides is 1. The van der Waals surface area contributed by atoms with Gasteiger partial charge in [0.05, 0.1) is 25.4 Å². The van der Waals surface area contributed by atoms with Crippen molar-refractivity contribution >= 4 is 18.3 Å². The van der Waals surface area contributed by atoms with Crippen LogP contribution in [0.3, 0.4) is 0 Å². The molecule has 0 radical (unpaired) electrons. The molecule has 9 heteroatoms. The van der Waals surface area contributed by atoms with Crippen LogP contribution in [0, 0.1) is 5.82 Å². The van der Waals surface area contributed by atoms with Crippen LogP contribution in [0.1, 0.15) is 23.2 Å². The smallest absolute Gasteiger partial charge is 0.251 e. The predicted molar refractivity (Wildman–Crippen MR) is 103 cm³/mol. The van der Waals surface area contributed by atoms with Gasteiger partial charge in [-0.2, -0.15) is 0 Å². The van der Waals surface area contributed by atoms with Gasteiger partial charge in [-0.1, -0.05) is 6.07 Å². The van der Waals surface area contributed by atoms with E-state index in [4.69, 9.17) is 9.47 Å². The lowest BCUT2D eigenvalue weighted by Crippen LogP contribution is -2.53. The first-order chi connectivity index (χ1) is 13.0. The van der Waals surface area contributed by atoms with Crippen LogP contribution in [0.5, 0.6) is 0 Å². The van der Waals surface area contributed by atoms with Gasteiger partial charge in [-0.05, 0) is 37.6 Å². The standard InChI is InChI=1S/C19H27FN2O5.ClH/c1-26-11-14-6-3-7-22(14)17-15(27-16(10-23)18(17)24)9-21-19(25)12-4-2-5-13(20)8-12;/h2,4-5,8,14-18,23-24H,3,6-7,9-11H2,1H3,(H,21,25);1H/t14-,15-,16+,17+,18-;/m1./s1. The monoisotopic (exact) mass is 418 g/mol. The van der Waals surface area contributed by atoms with Crippen LogP contribution in [-0.2, 0) is 9.47 Å². The van der Waals surface area contributed by atoms with Crippen LogP contribution in [0.25, 0.3) is 0 Å². The molecule has 28 heavy (non-hydrogen) atoms. The van der Waals surface area contributed by atoms with Gasteiger partial charge in [0.25, 0.3) is 5.91 Å². The molecule has 0 spiro atoms. The van der Waals surface area contributed by atoms with Gasteiger partial charge >= 0.3 is 0 Å². The third-order valence-corrected chi connectivity index (χ3v) is 5.36. The summed E-state index contributed by atoms with van der Waals surface area (Å²) in [7, 11) is 1.64. The topological polar surface area (TPSA) is 91.3 Å². The number of ether oxygens (including phenoxy) is 2. The van der Waals surface area contributed by atoms with Crippen molar-refractivity contribution in [1.82, 2.24) is 10.2 Å². The summed E-state index contributed by atoms with van der Waals surface area (Å²) in [4.78, 5) is 14.5. The summed E-state index contributed by atoms with van der Waals surface area (Å²) in [6.07, 6.45) is -0.0855. The van der Waals surface area contributed by atoms with Crippen molar-refractivity contribution in [2.45, 2.75) is 43.2 Å². The Balaban J connectivity index is 0.00000280. The lowest BCUT2D eigenvalue weighted by Gasteiger charge is -2.34. The molecule has 1 aromatic rings. The average molecular weight is 419 g/mol. The maximum atomic E-state index is 13.3. The summed E-state index contributed by atoms with van der Waals surface area (Å²) in [6.45, 7) is 1.21. The zero-order valence-electron chi connectivity index (χ0n) is 15.8. The molecular weight excluding hydrogens is 391 g/mol. The molecule has 3 N–H and O–H groups in total. The summed E-state index contributed by atoms with van der Waals surface area (Å²) in [5.74, 6) is -0.887. The van der Waals surface area contributed by atoms with Crippen molar-refractivity contribution in [2.24, 2.45) is 0 Å². The van der Waals surface area contributed by atoms with Crippen molar-refractivity contribution in [3.05, 3.63) is 35.6 Å². The Labute approximate surface area is 170 Å². The van der Waals surface area contributed by atoms with Crippen molar-refractivity contribution in [2.75, 3.05) is 33.4 Å². The van der Waals surface area contributed by atoms with Gasteiger partial charge in [-0.3, -0.25) is 9.69 Å². The summed E-state index contributed by atoms with van der Waals surface area (Å²) in [5, 5.41) is 22.9. The highest BCUT2D eigenvalue weighted by molar-refractivity contribution is 5.94. The van der Waals surface area contributed by atoms with E-state index in [0.29, 0.717) is 6.61 Å². The maximum Gasteiger partial charge on any atom is 0.251 e. The molecule has 1 amide bonds. The second-order valence-corrected chi connectivity index (χ2v) is 7.09. The Hall–Kier alpha value is -1.29. The molecule has 2 saturated heterocycles. The van der Waals surface area contributed by atoms with Gasteiger partial charge in [0, 0.05) is 25.3 Å². The van der Waals surface area contributed by atoms with Crippen LogP contribution in [0.4, 0.5) is 4.39 Å².